The molecule has 0 unspecified atom stereocenters. The fraction of sp³-hybridized carbons (Fsp3) is 0.562. The number of carbonyl (C=O) groups is 1. The molecule has 1 aliphatic rings. The Kier molecular flexibility index (Phi) is 6.66. The lowest BCUT2D eigenvalue weighted by molar-refractivity contribution is -0.384. The molecule has 1 fully saturated rings. The number of likely N-dealkylation sites (tertiary alicyclic amines) is 1. The third-order valence-electron chi connectivity index (χ3n) is 3.99. The van der Waals surface area contributed by atoms with E-state index in [1.54, 1.807) is 17.0 Å². The van der Waals surface area contributed by atoms with Gasteiger partial charge in [0.2, 0.25) is 0 Å². The highest BCUT2D eigenvalue weighted by Gasteiger charge is 2.25. The number of nitro groups is 1. The van der Waals surface area contributed by atoms with Crippen LogP contribution in [0.25, 0.3) is 0 Å². The number of unbranched alkanes of at least 4 members (excludes halogenated alkanes) is 1. The highest BCUT2D eigenvalue weighted by molar-refractivity contribution is 6.30. The second kappa shape index (κ2) is 8.73. The highest BCUT2D eigenvalue weighted by atomic mass is 35.5. The first-order chi connectivity index (χ1) is 11.5. The molecule has 0 bridgehead atoms. The molecular weight excluding hydrogens is 334 g/mol. The van der Waals surface area contributed by atoms with Crippen LogP contribution in [-0.4, -0.2) is 41.7 Å². The molecular formula is C16H22ClN3O4. The number of nitrogens with one attached hydrogen (secondary N) is 1. The molecule has 0 atom stereocenters. The van der Waals surface area contributed by atoms with Gasteiger partial charge < -0.3 is 15.0 Å². The predicted molar refractivity (Wildman–Crippen MR) is 92.6 cm³/mol. The standard InChI is InChI=1S/C16H22ClN3O4/c1-2-3-10-24-16(21)19-8-6-13(7-9-19)18-14-5-4-12(17)11-15(14)20(22)23/h4-5,11,13,18H,2-3,6-10H2,1H3. The summed E-state index contributed by atoms with van der Waals surface area (Å²) in [5.41, 5.74) is 0.414. The van der Waals surface area contributed by atoms with Gasteiger partial charge in [-0.2, -0.15) is 0 Å². The summed E-state index contributed by atoms with van der Waals surface area (Å²) in [5.74, 6) is 0. The van der Waals surface area contributed by atoms with Crippen molar-refractivity contribution in [3.63, 3.8) is 0 Å². The summed E-state index contributed by atoms with van der Waals surface area (Å²) in [5, 5.41) is 14.6. The molecule has 7 nitrogen and oxygen atoms in total. The van der Waals surface area contributed by atoms with Gasteiger partial charge in [0.05, 0.1) is 11.5 Å². The first-order valence-electron chi connectivity index (χ1n) is 8.13. The number of rotatable bonds is 6. The van der Waals surface area contributed by atoms with Crippen LogP contribution in [0.1, 0.15) is 32.6 Å². The molecule has 2 rings (SSSR count). The van der Waals surface area contributed by atoms with Crippen LogP contribution in [0.4, 0.5) is 16.2 Å². The van der Waals surface area contributed by atoms with E-state index in [9.17, 15) is 14.9 Å². The molecule has 1 aliphatic heterocycles. The number of nitro benzene ring substituents is 1. The summed E-state index contributed by atoms with van der Waals surface area (Å²) in [6, 6.07) is 4.65. The number of hydrogen-bond donors (Lipinski definition) is 1. The number of amides is 1. The van der Waals surface area contributed by atoms with E-state index in [1.165, 1.54) is 6.07 Å². The summed E-state index contributed by atoms with van der Waals surface area (Å²) in [4.78, 5) is 24.3. The van der Waals surface area contributed by atoms with Crippen molar-refractivity contribution in [2.24, 2.45) is 0 Å². The number of anilines is 1. The van der Waals surface area contributed by atoms with E-state index in [1.807, 2.05) is 6.92 Å². The third-order valence-corrected chi connectivity index (χ3v) is 4.23. The van der Waals surface area contributed by atoms with Gasteiger partial charge in [0.15, 0.2) is 0 Å². The van der Waals surface area contributed by atoms with Crippen LogP contribution >= 0.6 is 11.6 Å². The summed E-state index contributed by atoms with van der Waals surface area (Å²) >= 11 is 5.82. The van der Waals surface area contributed by atoms with Crippen LogP contribution in [0.5, 0.6) is 0 Å². The van der Waals surface area contributed by atoms with Gasteiger partial charge in [-0.25, -0.2) is 4.79 Å². The maximum absolute atomic E-state index is 11.9. The van der Waals surface area contributed by atoms with Crippen molar-refractivity contribution < 1.29 is 14.5 Å². The van der Waals surface area contributed by atoms with E-state index in [-0.39, 0.29) is 17.8 Å². The Bertz CT molecular complexity index is 589. The van der Waals surface area contributed by atoms with E-state index in [2.05, 4.69) is 5.32 Å². The zero-order valence-corrected chi connectivity index (χ0v) is 14.4. The number of piperidine rings is 1. The number of benzene rings is 1. The van der Waals surface area contributed by atoms with E-state index < -0.39 is 4.92 Å². The lowest BCUT2D eigenvalue weighted by Crippen LogP contribution is -2.42. The summed E-state index contributed by atoms with van der Waals surface area (Å²) < 4.78 is 5.20. The SMILES string of the molecule is CCCCOC(=O)N1CCC(Nc2ccc(Cl)cc2[N+](=O)[O-])CC1. The van der Waals surface area contributed by atoms with Crippen LogP contribution in [0.2, 0.25) is 5.02 Å². The average molecular weight is 356 g/mol. The molecule has 0 saturated carbocycles. The largest absolute Gasteiger partial charge is 0.449 e. The van der Waals surface area contributed by atoms with Crippen molar-refractivity contribution in [2.75, 3.05) is 25.0 Å². The summed E-state index contributed by atoms with van der Waals surface area (Å²) in [6.45, 7) is 3.64. The molecule has 8 heteroatoms. The molecule has 1 heterocycles. The minimum absolute atomic E-state index is 0.0381. The molecule has 1 N–H and O–H groups in total. The Morgan fingerprint density at radius 1 is 1.46 bits per heavy atom. The van der Waals surface area contributed by atoms with Gasteiger partial charge in [-0.15, -0.1) is 0 Å². The van der Waals surface area contributed by atoms with Gasteiger partial charge in [0, 0.05) is 30.2 Å². The minimum atomic E-state index is -0.450. The second-order valence-electron chi connectivity index (χ2n) is 5.79. The maximum atomic E-state index is 11.9. The van der Waals surface area contributed by atoms with E-state index in [4.69, 9.17) is 16.3 Å². The predicted octanol–water partition coefficient (Wildman–Crippen LogP) is 4.06. The van der Waals surface area contributed by atoms with Gasteiger partial charge in [0.25, 0.3) is 5.69 Å². The first-order valence-corrected chi connectivity index (χ1v) is 8.51. The average Bonchev–Trinajstić information content (AvgIpc) is 2.57. The smallest absolute Gasteiger partial charge is 0.409 e. The molecule has 1 aromatic carbocycles. The van der Waals surface area contributed by atoms with Crippen LogP contribution in [0.15, 0.2) is 18.2 Å². The lowest BCUT2D eigenvalue weighted by atomic mass is 10.0. The van der Waals surface area contributed by atoms with Crippen molar-refractivity contribution >= 4 is 29.1 Å². The molecule has 132 valence electrons. The molecule has 24 heavy (non-hydrogen) atoms. The minimum Gasteiger partial charge on any atom is -0.449 e. The van der Waals surface area contributed by atoms with Crippen molar-refractivity contribution in [1.29, 1.82) is 0 Å². The number of halogens is 1. The number of nitrogens with zero attached hydrogens (tertiary/aromatic N) is 2. The van der Waals surface area contributed by atoms with E-state index in [0.29, 0.717) is 43.2 Å². The Morgan fingerprint density at radius 2 is 2.17 bits per heavy atom. The molecule has 0 aromatic heterocycles. The van der Waals surface area contributed by atoms with Gasteiger partial charge in [0.1, 0.15) is 5.69 Å². The number of ether oxygens (including phenoxy) is 1. The van der Waals surface area contributed by atoms with Gasteiger partial charge in [-0.05, 0) is 31.4 Å². The van der Waals surface area contributed by atoms with Crippen LogP contribution in [0, 0.1) is 10.1 Å². The third kappa shape index (κ3) is 4.99. The molecule has 1 amide bonds. The maximum Gasteiger partial charge on any atom is 0.409 e. The van der Waals surface area contributed by atoms with E-state index >= 15 is 0 Å². The Labute approximate surface area is 146 Å². The Morgan fingerprint density at radius 3 is 2.79 bits per heavy atom. The number of hydrogen-bond acceptors (Lipinski definition) is 5. The molecule has 1 saturated heterocycles. The van der Waals surface area contributed by atoms with Crippen molar-refractivity contribution in [3.05, 3.63) is 33.3 Å². The molecule has 1 aromatic rings. The fourth-order valence-electron chi connectivity index (χ4n) is 2.60. The van der Waals surface area contributed by atoms with Gasteiger partial charge >= 0.3 is 6.09 Å². The quantitative estimate of drug-likeness (QED) is 0.472. The van der Waals surface area contributed by atoms with Crippen molar-refractivity contribution in [1.82, 2.24) is 4.90 Å². The van der Waals surface area contributed by atoms with Crippen molar-refractivity contribution in [2.45, 2.75) is 38.6 Å². The second-order valence-corrected chi connectivity index (χ2v) is 6.23. The number of carbonyl (C=O) groups excluding carboxylic acids is 1. The topological polar surface area (TPSA) is 84.7 Å². The zero-order chi connectivity index (χ0) is 17.5. The normalized spacial score (nSPS) is 15.2. The molecule has 0 spiro atoms. The van der Waals surface area contributed by atoms with Crippen molar-refractivity contribution in [3.8, 4) is 0 Å². The Hall–Kier alpha value is -2.02. The monoisotopic (exact) mass is 355 g/mol. The van der Waals surface area contributed by atoms with Crippen LogP contribution in [0.3, 0.4) is 0 Å². The molecule has 0 aliphatic carbocycles. The van der Waals surface area contributed by atoms with Gasteiger partial charge in [-0.3, -0.25) is 10.1 Å². The van der Waals surface area contributed by atoms with Crippen LogP contribution < -0.4 is 5.32 Å². The van der Waals surface area contributed by atoms with E-state index in [0.717, 1.165) is 12.8 Å². The first kappa shape index (κ1) is 18.3. The lowest BCUT2D eigenvalue weighted by Gasteiger charge is -2.32. The highest BCUT2D eigenvalue weighted by Crippen LogP contribution is 2.29. The summed E-state index contributed by atoms with van der Waals surface area (Å²) in [7, 11) is 0. The van der Waals surface area contributed by atoms with Gasteiger partial charge in [-0.1, -0.05) is 24.9 Å². The fourth-order valence-corrected chi connectivity index (χ4v) is 2.77. The summed E-state index contributed by atoms with van der Waals surface area (Å²) in [6.07, 6.45) is 2.99. The molecule has 0 radical (unpaired) electrons. The van der Waals surface area contributed by atoms with Crippen LogP contribution in [-0.2, 0) is 4.74 Å². The zero-order valence-electron chi connectivity index (χ0n) is 13.7. The Balaban J connectivity index is 1.87.